The molecule has 0 aromatic heterocycles. The second-order valence-corrected chi connectivity index (χ2v) is 16.1. The average Bonchev–Trinajstić information content (AvgIpc) is 3.47. The van der Waals surface area contributed by atoms with Gasteiger partial charge in [0.15, 0.2) is 0 Å². The van der Waals surface area contributed by atoms with Crippen LogP contribution in [-0.2, 0) is 0 Å². The molecule has 4 fully saturated rings. The lowest BCUT2D eigenvalue weighted by Gasteiger charge is -2.39. The minimum atomic E-state index is -0.433. The summed E-state index contributed by atoms with van der Waals surface area (Å²) in [7, 11) is -0.433. The number of hydrogen-bond acceptors (Lipinski definition) is 2. The lowest BCUT2D eigenvalue weighted by Crippen LogP contribution is -2.43. The van der Waals surface area contributed by atoms with Gasteiger partial charge >= 0.3 is 0 Å². The largest absolute Gasteiger partial charge is 0.333 e. The summed E-state index contributed by atoms with van der Waals surface area (Å²) in [6.45, 7) is 2.42. The van der Waals surface area contributed by atoms with Crippen LogP contribution in [0.4, 0.5) is 5.69 Å². The van der Waals surface area contributed by atoms with Gasteiger partial charge in [-0.3, -0.25) is 5.09 Å². The van der Waals surface area contributed by atoms with Gasteiger partial charge in [0.25, 0.3) is 0 Å². The molecule has 1 N–H and O–H groups in total. The Morgan fingerprint density at radius 2 is 1.16 bits per heavy atom. The number of benzene rings is 4. The SMILES string of the molecule is CCP1NC2C(c3cccc4cccc(C5CCCCC5)c34)CCCC2N1c1cccc2cccc(C3CCCCC3)c12. The first-order chi connectivity index (χ1) is 21.3. The van der Waals surface area contributed by atoms with Gasteiger partial charge in [0.05, 0.1) is 14.3 Å². The third kappa shape index (κ3) is 5.02. The molecule has 4 aliphatic rings. The fourth-order valence-electron chi connectivity index (χ4n) is 9.70. The summed E-state index contributed by atoms with van der Waals surface area (Å²) >= 11 is 0. The van der Waals surface area contributed by atoms with Crippen molar-refractivity contribution >= 4 is 35.5 Å². The molecule has 4 aromatic rings. The Labute approximate surface area is 260 Å². The molecular weight excluding hydrogens is 539 g/mol. The Bertz CT molecular complexity index is 1570. The van der Waals surface area contributed by atoms with E-state index in [0.29, 0.717) is 23.9 Å². The smallest absolute Gasteiger partial charge is 0.0647 e. The maximum Gasteiger partial charge on any atom is 0.0647 e. The third-order valence-electron chi connectivity index (χ3n) is 11.7. The topological polar surface area (TPSA) is 15.3 Å². The quantitative estimate of drug-likeness (QED) is 0.233. The first-order valence-electron chi connectivity index (χ1n) is 17.7. The van der Waals surface area contributed by atoms with Gasteiger partial charge in [0.2, 0.25) is 0 Å². The van der Waals surface area contributed by atoms with E-state index < -0.39 is 8.22 Å². The Hall–Kier alpha value is -2.41. The highest BCUT2D eigenvalue weighted by molar-refractivity contribution is 7.57. The Kier molecular flexibility index (Phi) is 7.95. The number of hydrogen-bond donors (Lipinski definition) is 1. The van der Waals surface area contributed by atoms with Gasteiger partial charge in [-0.25, -0.2) is 0 Å². The average molecular weight is 589 g/mol. The van der Waals surface area contributed by atoms with Crippen molar-refractivity contribution in [2.45, 2.75) is 120 Å². The predicted octanol–water partition coefficient (Wildman–Crippen LogP) is 11.5. The van der Waals surface area contributed by atoms with E-state index in [1.54, 1.807) is 27.5 Å². The monoisotopic (exact) mass is 588 g/mol. The van der Waals surface area contributed by atoms with Crippen LogP contribution in [0.2, 0.25) is 0 Å². The first kappa shape index (κ1) is 28.1. The molecule has 0 bridgehead atoms. The van der Waals surface area contributed by atoms with Gasteiger partial charge in [-0.05, 0) is 95.4 Å². The molecule has 8 rings (SSSR count). The van der Waals surface area contributed by atoms with Gasteiger partial charge in [-0.2, -0.15) is 0 Å². The number of anilines is 1. The van der Waals surface area contributed by atoms with Crippen molar-refractivity contribution in [2.75, 3.05) is 10.8 Å². The van der Waals surface area contributed by atoms with Crippen LogP contribution in [0.15, 0.2) is 72.8 Å². The summed E-state index contributed by atoms with van der Waals surface area (Å²) in [6, 6.07) is 29.9. The van der Waals surface area contributed by atoms with Crippen LogP contribution >= 0.6 is 8.22 Å². The molecule has 43 heavy (non-hydrogen) atoms. The van der Waals surface area contributed by atoms with Crippen molar-refractivity contribution < 1.29 is 0 Å². The predicted molar refractivity (Wildman–Crippen MR) is 187 cm³/mol. The minimum absolute atomic E-state index is 0.433. The van der Waals surface area contributed by atoms with E-state index in [-0.39, 0.29) is 0 Å². The highest BCUT2D eigenvalue weighted by Gasteiger charge is 2.47. The summed E-state index contributed by atoms with van der Waals surface area (Å²) in [6.07, 6.45) is 18.9. The van der Waals surface area contributed by atoms with Crippen molar-refractivity contribution in [1.82, 2.24) is 5.09 Å². The van der Waals surface area contributed by atoms with Crippen LogP contribution in [0.5, 0.6) is 0 Å². The first-order valence-corrected chi connectivity index (χ1v) is 19.2. The molecule has 4 unspecified atom stereocenters. The lowest BCUT2D eigenvalue weighted by molar-refractivity contribution is 0.345. The second-order valence-electron chi connectivity index (χ2n) is 14.0. The Balaban J connectivity index is 1.21. The molecule has 0 spiro atoms. The van der Waals surface area contributed by atoms with E-state index in [0.717, 1.165) is 5.92 Å². The van der Waals surface area contributed by atoms with E-state index in [1.165, 1.54) is 106 Å². The normalized spacial score (nSPS) is 27.1. The number of nitrogens with zero attached hydrogens (tertiary/aromatic N) is 1. The molecule has 1 saturated heterocycles. The molecule has 2 nitrogen and oxygen atoms in total. The summed E-state index contributed by atoms with van der Waals surface area (Å²) in [5.41, 5.74) is 6.43. The zero-order valence-corrected chi connectivity index (χ0v) is 27.0. The molecule has 0 amide bonds. The highest BCUT2D eigenvalue weighted by atomic mass is 31.1. The second kappa shape index (κ2) is 12.2. The summed E-state index contributed by atoms with van der Waals surface area (Å²) in [5.74, 6) is 2.01. The third-order valence-corrected chi connectivity index (χ3v) is 13.9. The fourth-order valence-corrected chi connectivity index (χ4v) is 12.0. The summed E-state index contributed by atoms with van der Waals surface area (Å²) < 4.78 is 2.94. The number of rotatable bonds is 5. The van der Waals surface area contributed by atoms with Crippen LogP contribution in [-0.4, -0.2) is 18.2 Å². The molecule has 0 radical (unpaired) electrons. The van der Waals surface area contributed by atoms with Gasteiger partial charge in [0, 0.05) is 23.0 Å². The van der Waals surface area contributed by atoms with Crippen LogP contribution in [0.3, 0.4) is 0 Å². The standard InChI is InChI=1S/C40H49N2P/c1-2-43-41-40-35(34-24-11-19-30-18-9-22-32(38(30)34)28-14-5-3-6-15-28)25-13-27-37(40)42(43)36-26-12-21-31-20-10-23-33(39(31)36)29-16-7-4-8-17-29/h9-12,18-24,26,28-29,35,37,40-41H,2-8,13-17,25,27H2,1H3. The van der Waals surface area contributed by atoms with Gasteiger partial charge in [-0.1, -0.05) is 119 Å². The van der Waals surface area contributed by atoms with E-state index in [2.05, 4.69) is 89.5 Å². The molecule has 1 heterocycles. The Morgan fingerprint density at radius 3 is 1.79 bits per heavy atom. The van der Waals surface area contributed by atoms with Crippen molar-refractivity contribution in [3.8, 4) is 0 Å². The maximum absolute atomic E-state index is 4.36. The van der Waals surface area contributed by atoms with Gasteiger partial charge < -0.3 is 4.67 Å². The fraction of sp³-hybridized carbons (Fsp3) is 0.500. The molecule has 3 aliphatic carbocycles. The molecular formula is C40H49N2P. The van der Waals surface area contributed by atoms with Crippen molar-refractivity contribution in [1.29, 1.82) is 0 Å². The van der Waals surface area contributed by atoms with E-state index in [4.69, 9.17) is 0 Å². The van der Waals surface area contributed by atoms with Crippen LogP contribution in [0.25, 0.3) is 21.5 Å². The lowest BCUT2D eigenvalue weighted by atomic mass is 9.74. The molecule has 3 saturated carbocycles. The van der Waals surface area contributed by atoms with Crippen LogP contribution in [0.1, 0.15) is 125 Å². The van der Waals surface area contributed by atoms with Crippen molar-refractivity contribution in [2.24, 2.45) is 0 Å². The van der Waals surface area contributed by atoms with Gasteiger partial charge in [-0.15, -0.1) is 0 Å². The van der Waals surface area contributed by atoms with E-state index in [9.17, 15) is 0 Å². The van der Waals surface area contributed by atoms with Crippen LogP contribution < -0.4 is 9.76 Å². The molecule has 4 aromatic carbocycles. The summed E-state index contributed by atoms with van der Waals surface area (Å²) in [4.78, 5) is 0. The number of fused-ring (bicyclic) bond motifs is 3. The molecule has 1 aliphatic heterocycles. The van der Waals surface area contributed by atoms with E-state index in [1.807, 2.05) is 0 Å². The molecule has 4 atom stereocenters. The zero-order chi connectivity index (χ0) is 28.8. The minimum Gasteiger partial charge on any atom is -0.333 e. The maximum atomic E-state index is 4.36. The molecule has 3 heteroatoms. The van der Waals surface area contributed by atoms with E-state index >= 15 is 0 Å². The highest BCUT2D eigenvalue weighted by Crippen LogP contribution is 2.57. The Morgan fingerprint density at radius 1 is 0.605 bits per heavy atom. The van der Waals surface area contributed by atoms with Crippen molar-refractivity contribution in [3.63, 3.8) is 0 Å². The van der Waals surface area contributed by atoms with Gasteiger partial charge in [0.1, 0.15) is 0 Å². The summed E-state index contributed by atoms with van der Waals surface area (Å²) in [5, 5.41) is 10.4. The van der Waals surface area contributed by atoms with Crippen LogP contribution in [0, 0.1) is 0 Å². The number of nitrogens with one attached hydrogen (secondary N) is 1. The van der Waals surface area contributed by atoms with Crippen molar-refractivity contribution in [3.05, 3.63) is 89.5 Å². The molecule has 224 valence electrons. The zero-order valence-electron chi connectivity index (χ0n) is 26.1.